The Bertz CT molecular complexity index is 647. The third kappa shape index (κ3) is 38.0. The van der Waals surface area contributed by atoms with Crippen LogP contribution in [0.4, 0.5) is 0 Å². The van der Waals surface area contributed by atoms with Gasteiger partial charge in [-0.2, -0.15) is 0 Å². The number of aliphatic hydroxyl groups excluding tert-OH is 1. The van der Waals surface area contributed by atoms with Crippen molar-refractivity contribution in [2.75, 3.05) is 53.6 Å². The quantitative estimate of drug-likeness (QED) is 0.0404. The molecule has 0 radical (unpaired) electrons. The fourth-order valence-electron chi connectivity index (χ4n) is 6.33. The van der Waals surface area contributed by atoms with E-state index < -0.39 is 0 Å². The third-order valence-electron chi connectivity index (χ3n) is 9.52. The van der Waals surface area contributed by atoms with Crippen molar-refractivity contribution in [3.8, 4) is 0 Å². The second-order valence-electron chi connectivity index (χ2n) is 15.0. The van der Waals surface area contributed by atoms with Gasteiger partial charge in [-0.25, -0.2) is 0 Å². The summed E-state index contributed by atoms with van der Waals surface area (Å²) in [6.07, 6.45) is 47.0. The first-order valence-electron chi connectivity index (χ1n) is 21.0. The van der Waals surface area contributed by atoms with Gasteiger partial charge in [-0.1, -0.05) is 154 Å². The maximum absolute atomic E-state index is 9.49. The predicted molar refractivity (Wildman–Crippen MR) is 208 cm³/mol. The Balaban J connectivity index is 3.80. The van der Waals surface area contributed by atoms with Crippen molar-refractivity contribution in [1.82, 2.24) is 0 Å². The first-order chi connectivity index (χ1) is 23.1. The molecule has 4 nitrogen and oxygen atoms in total. The smallest absolute Gasteiger partial charge is 0.130 e. The zero-order chi connectivity index (χ0) is 34.4. The summed E-state index contributed by atoms with van der Waals surface area (Å²) >= 11 is 0. The number of quaternary nitrogens is 1. The summed E-state index contributed by atoms with van der Waals surface area (Å²) in [7, 11) is 4.36. The molecule has 0 fully saturated rings. The molecular weight excluding hydrogens is 578 g/mol. The van der Waals surface area contributed by atoms with Crippen LogP contribution in [0, 0.1) is 0 Å². The van der Waals surface area contributed by atoms with Crippen molar-refractivity contribution in [3.05, 3.63) is 24.3 Å². The molecule has 0 aliphatic rings. The zero-order valence-corrected chi connectivity index (χ0v) is 32.6. The van der Waals surface area contributed by atoms with Gasteiger partial charge in [0.2, 0.25) is 0 Å². The van der Waals surface area contributed by atoms with Crippen molar-refractivity contribution >= 4 is 0 Å². The molecule has 0 saturated carbocycles. The lowest BCUT2D eigenvalue weighted by atomic mass is 10.1. The maximum Gasteiger partial charge on any atom is 0.130 e. The SMILES string of the molecule is CCCCCCCC/C=C/CCCCCCCCOCC(C[N+](C)(C)CCO)OCCCCCCCC/C=C/CCCCCCCC. The van der Waals surface area contributed by atoms with E-state index in [2.05, 4.69) is 52.2 Å². The van der Waals surface area contributed by atoms with E-state index in [1.54, 1.807) is 0 Å². The highest BCUT2D eigenvalue weighted by molar-refractivity contribution is 4.82. The van der Waals surface area contributed by atoms with Crippen molar-refractivity contribution < 1.29 is 19.1 Å². The van der Waals surface area contributed by atoms with Gasteiger partial charge in [0.15, 0.2) is 0 Å². The Morgan fingerprint density at radius 2 is 0.851 bits per heavy atom. The Morgan fingerprint density at radius 1 is 0.489 bits per heavy atom. The van der Waals surface area contributed by atoms with Crippen LogP contribution in [-0.4, -0.2) is 69.3 Å². The number of hydrogen-bond donors (Lipinski definition) is 1. The van der Waals surface area contributed by atoms with Crippen LogP contribution in [0.25, 0.3) is 0 Å². The summed E-state index contributed by atoms with van der Waals surface area (Å²) in [6, 6.07) is 0. The monoisotopic (exact) mass is 665 g/mol. The number of unbranched alkanes of at least 4 members (excludes halogenated alkanes) is 24. The molecule has 0 saturated heterocycles. The minimum absolute atomic E-state index is 0.105. The average Bonchev–Trinajstić information content (AvgIpc) is 3.05. The van der Waals surface area contributed by atoms with Crippen molar-refractivity contribution in [1.29, 1.82) is 0 Å². The van der Waals surface area contributed by atoms with Gasteiger partial charge in [0, 0.05) is 13.2 Å². The van der Waals surface area contributed by atoms with E-state index in [0.717, 1.165) is 43.6 Å². The van der Waals surface area contributed by atoms with Gasteiger partial charge in [-0.3, -0.25) is 0 Å². The Morgan fingerprint density at radius 3 is 1.26 bits per heavy atom. The molecule has 0 aromatic rings. The number of rotatable bonds is 39. The van der Waals surface area contributed by atoms with Crippen molar-refractivity contribution in [2.24, 2.45) is 0 Å². The first-order valence-corrected chi connectivity index (χ1v) is 21.0. The van der Waals surface area contributed by atoms with Gasteiger partial charge in [-0.05, 0) is 64.2 Å². The molecule has 47 heavy (non-hydrogen) atoms. The van der Waals surface area contributed by atoms with Gasteiger partial charge in [0.25, 0.3) is 0 Å². The molecular formula is C43H86NO3+. The highest BCUT2D eigenvalue weighted by Gasteiger charge is 2.22. The summed E-state index contributed by atoms with van der Waals surface area (Å²) in [6.45, 7) is 8.76. The molecule has 1 N–H and O–H groups in total. The third-order valence-corrected chi connectivity index (χ3v) is 9.52. The van der Waals surface area contributed by atoms with E-state index in [9.17, 15) is 5.11 Å². The van der Waals surface area contributed by atoms with Crippen LogP contribution < -0.4 is 0 Å². The van der Waals surface area contributed by atoms with Gasteiger partial charge in [0.1, 0.15) is 19.2 Å². The molecule has 0 aliphatic heterocycles. The van der Waals surface area contributed by atoms with E-state index >= 15 is 0 Å². The molecule has 1 unspecified atom stereocenters. The largest absolute Gasteiger partial charge is 0.391 e. The molecule has 0 spiro atoms. The number of ether oxygens (including phenoxy) is 2. The first kappa shape index (κ1) is 46.3. The van der Waals surface area contributed by atoms with Gasteiger partial charge >= 0.3 is 0 Å². The Hall–Kier alpha value is -0.680. The van der Waals surface area contributed by atoms with Crippen LogP contribution in [0.1, 0.15) is 194 Å². The average molecular weight is 665 g/mol. The lowest BCUT2D eigenvalue weighted by Crippen LogP contribution is -2.49. The predicted octanol–water partition coefficient (Wildman–Crippen LogP) is 12.5. The molecule has 0 amide bonds. The van der Waals surface area contributed by atoms with E-state index in [1.165, 1.54) is 167 Å². The second kappa shape index (κ2) is 38.1. The second-order valence-corrected chi connectivity index (χ2v) is 15.0. The van der Waals surface area contributed by atoms with E-state index in [1.807, 2.05) is 0 Å². The molecule has 0 aromatic carbocycles. The molecule has 0 heterocycles. The number of hydrogen-bond acceptors (Lipinski definition) is 3. The lowest BCUT2D eigenvalue weighted by molar-refractivity contribution is -0.893. The summed E-state index contributed by atoms with van der Waals surface area (Å²) < 4.78 is 13.2. The summed E-state index contributed by atoms with van der Waals surface area (Å²) in [4.78, 5) is 0. The van der Waals surface area contributed by atoms with Crippen molar-refractivity contribution in [2.45, 2.75) is 200 Å². The minimum atomic E-state index is 0.105. The summed E-state index contributed by atoms with van der Waals surface area (Å²) in [5.41, 5.74) is 0. The summed E-state index contributed by atoms with van der Waals surface area (Å²) in [5.74, 6) is 0. The van der Waals surface area contributed by atoms with Gasteiger partial charge in [-0.15, -0.1) is 0 Å². The topological polar surface area (TPSA) is 38.7 Å². The van der Waals surface area contributed by atoms with Crippen LogP contribution in [-0.2, 0) is 9.47 Å². The number of aliphatic hydroxyl groups is 1. The fourth-order valence-corrected chi connectivity index (χ4v) is 6.33. The maximum atomic E-state index is 9.49. The van der Waals surface area contributed by atoms with Crippen LogP contribution >= 0.6 is 0 Å². The standard InChI is InChI=1S/C43H86NO3/c1-5-7-9-11-13-15-17-19-21-23-25-27-29-31-33-35-39-46-42-43(41-44(3,4)37-38-45)47-40-36-34-32-30-28-26-24-22-20-18-16-14-12-10-8-6-2/h19-22,43,45H,5-18,23-42H2,1-4H3/q+1/b21-19+,22-20+. The number of nitrogens with zero attached hydrogens (tertiary/aromatic N) is 1. The van der Waals surface area contributed by atoms with Crippen LogP contribution in [0.3, 0.4) is 0 Å². The van der Waals surface area contributed by atoms with Crippen LogP contribution in [0.5, 0.6) is 0 Å². The molecule has 0 aliphatic carbocycles. The normalized spacial score (nSPS) is 13.0. The van der Waals surface area contributed by atoms with Crippen LogP contribution in [0.15, 0.2) is 24.3 Å². The summed E-state index contributed by atoms with van der Waals surface area (Å²) in [5, 5.41) is 9.49. The van der Waals surface area contributed by atoms with Crippen LogP contribution in [0.2, 0.25) is 0 Å². The van der Waals surface area contributed by atoms with Gasteiger partial charge in [0.05, 0.1) is 27.3 Å². The van der Waals surface area contributed by atoms with Crippen molar-refractivity contribution in [3.63, 3.8) is 0 Å². The van der Waals surface area contributed by atoms with E-state index in [4.69, 9.17) is 9.47 Å². The lowest BCUT2D eigenvalue weighted by Gasteiger charge is -2.32. The van der Waals surface area contributed by atoms with E-state index in [-0.39, 0.29) is 12.7 Å². The molecule has 280 valence electrons. The minimum Gasteiger partial charge on any atom is -0.391 e. The highest BCUT2D eigenvalue weighted by Crippen LogP contribution is 2.13. The molecule has 0 aromatic heterocycles. The highest BCUT2D eigenvalue weighted by atomic mass is 16.5. The fraction of sp³-hybridized carbons (Fsp3) is 0.907. The zero-order valence-electron chi connectivity index (χ0n) is 32.6. The Kier molecular flexibility index (Phi) is 37.6. The number of likely N-dealkylation sites (N-methyl/N-ethyl adjacent to an activating group) is 1. The molecule has 4 heteroatoms. The molecule has 0 bridgehead atoms. The molecule has 1 atom stereocenters. The molecule has 0 rings (SSSR count). The Labute approximate surface area is 296 Å². The number of allylic oxidation sites excluding steroid dienone is 4. The van der Waals surface area contributed by atoms with Gasteiger partial charge < -0.3 is 19.1 Å². The van der Waals surface area contributed by atoms with E-state index in [0.29, 0.717) is 6.61 Å².